The first-order chi connectivity index (χ1) is 15.4. The van der Waals surface area contributed by atoms with Gasteiger partial charge in [0, 0.05) is 31.3 Å². The van der Waals surface area contributed by atoms with Crippen LogP contribution in [0.15, 0.2) is 47.5 Å². The predicted octanol–water partition coefficient (Wildman–Crippen LogP) is 4.79. The van der Waals surface area contributed by atoms with Crippen molar-refractivity contribution in [3.05, 3.63) is 65.2 Å². The molecule has 2 aromatic rings. The highest BCUT2D eigenvalue weighted by atomic mass is 35.5. The van der Waals surface area contributed by atoms with Crippen LogP contribution in [-0.2, 0) is 6.42 Å². The number of aliphatic imine (C=N–C) groups is 1. The quantitative estimate of drug-likeness (QED) is 0.485. The summed E-state index contributed by atoms with van der Waals surface area (Å²) in [5.41, 5.74) is 9.76. The van der Waals surface area contributed by atoms with Crippen LogP contribution in [0.3, 0.4) is 0 Å². The lowest BCUT2D eigenvalue weighted by atomic mass is 9.78. The molecule has 1 heterocycles. The van der Waals surface area contributed by atoms with Crippen molar-refractivity contribution < 1.29 is 8.78 Å². The van der Waals surface area contributed by atoms with Gasteiger partial charge in [0.05, 0.1) is 0 Å². The molecule has 9 heteroatoms. The Kier molecular flexibility index (Phi) is 10.1. The smallest absolute Gasteiger partial charge is 0.187 e. The summed E-state index contributed by atoms with van der Waals surface area (Å²) in [6.07, 6.45) is 4.91. The Morgan fingerprint density at radius 1 is 1.06 bits per heavy atom. The maximum Gasteiger partial charge on any atom is 0.187 e. The molecule has 34 heavy (non-hydrogen) atoms. The second kappa shape index (κ2) is 12.2. The molecule has 1 atom stereocenters. The Labute approximate surface area is 213 Å². The van der Waals surface area contributed by atoms with Gasteiger partial charge in [-0.1, -0.05) is 18.2 Å². The number of nitrogens with two attached hydrogens (primary N) is 1. The van der Waals surface area contributed by atoms with Crippen molar-refractivity contribution in [3.63, 3.8) is 0 Å². The van der Waals surface area contributed by atoms with Gasteiger partial charge in [-0.2, -0.15) is 0 Å². The minimum Gasteiger partial charge on any atom is -0.362 e. The predicted molar refractivity (Wildman–Crippen MR) is 140 cm³/mol. The van der Waals surface area contributed by atoms with E-state index in [-0.39, 0.29) is 30.7 Å². The van der Waals surface area contributed by atoms with E-state index in [1.165, 1.54) is 12.1 Å². The van der Waals surface area contributed by atoms with Gasteiger partial charge in [0.2, 0.25) is 0 Å². The Hall–Kier alpha value is -1.93. The largest absolute Gasteiger partial charge is 0.362 e. The average molecular weight is 514 g/mol. The summed E-state index contributed by atoms with van der Waals surface area (Å²) in [5, 5.41) is 6.99. The first-order valence-corrected chi connectivity index (χ1v) is 11.4. The van der Waals surface area contributed by atoms with E-state index in [0.717, 1.165) is 61.4 Å². The molecule has 2 aliphatic rings. The summed E-state index contributed by atoms with van der Waals surface area (Å²) < 4.78 is 26.4. The normalized spacial score (nSPS) is 23.5. The van der Waals surface area contributed by atoms with Crippen molar-refractivity contribution in [2.24, 2.45) is 22.6 Å². The van der Waals surface area contributed by atoms with Gasteiger partial charge in [0.25, 0.3) is 0 Å². The highest BCUT2D eigenvalue weighted by molar-refractivity contribution is 6.05. The number of hydrogen-bond donors (Lipinski definition) is 3. The molecule has 5 nitrogen and oxygen atoms in total. The van der Waals surface area contributed by atoms with Crippen LogP contribution < -0.4 is 16.4 Å². The van der Waals surface area contributed by atoms with Crippen molar-refractivity contribution in [2.45, 2.75) is 37.9 Å². The van der Waals surface area contributed by atoms with Gasteiger partial charge in [0.1, 0.15) is 5.84 Å². The summed E-state index contributed by atoms with van der Waals surface area (Å²) in [6, 6.07) is 12.3. The molecule has 4 N–H and O–H groups in total. The zero-order valence-corrected chi connectivity index (χ0v) is 21.3. The standard InChI is InChI=1S/C25H33F2N5.2ClH/c1-32(2)24-20-5-3-4-6-23(20)30-25(28,31-24)19-10-7-18(8-11-19)16-29-14-13-17-9-12-21(26)22(27)15-17;;/h3-6,9,12,15,18-19,29-30H,7-8,10-11,13-14,16,28H2,1-2H3;2*1H. The van der Waals surface area contributed by atoms with Gasteiger partial charge in [-0.05, 0) is 80.9 Å². The fourth-order valence-corrected chi connectivity index (χ4v) is 4.84. The molecule has 2 aromatic carbocycles. The van der Waals surface area contributed by atoms with Gasteiger partial charge in [-0.3, -0.25) is 5.73 Å². The van der Waals surface area contributed by atoms with Crippen LogP contribution >= 0.6 is 24.8 Å². The highest BCUT2D eigenvalue weighted by Gasteiger charge is 2.40. The van der Waals surface area contributed by atoms with Gasteiger partial charge in [-0.15, -0.1) is 24.8 Å². The highest BCUT2D eigenvalue weighted by Crippen LogP contribution is 2.38. The van der Waals surface area contributed by atoms with E-state index in [4.69, 9.17) is 10.7 Å². The van der Waals surface area contributed by atoms with Gasteiger partial charge in [-0.25, -0.2) is 13.8 Å². The second-order valence-corrected chi connectivity index (χ2v) is 9.25. The summed E-state index contributed by atoms with van der Waals surface area (Å²) in [4.78, 5) is 6.99. The van der Waals surface area contributed by atoms with Crippen molar-refractivity contribution in [1.82, 2.24) is 10.2 Å². The number of halogens is 4. The van der Waals surface area contributed by atoms with E-state index in [9.17, 15) is 8.78 Å². The lowest BCUT2D eigenvalue weighted by Gasteiger charge is -2.43. The zero-order valence-electron chi connectivity index (χ0n) is 19.7. The molecule has 0 radical (unpaired) electrons. The Balaban J connectivity index is 0.00000204. The number of amidine groups is 1. The molecule has 1 unspecified atom stereocenters. The summed E-state index contributed by atoms with van der Waals surface area (Å²) >= 11 is 0. The Morgan fingerprint density at radius 3 is 2.44 bits per heavy atom. The molecule has 0 saturated heterocycles. The van der Waals surface area contributed by atoms with Crippen LogP contribution in [0.1, 0.15) is 36.8 Å². The topological polar surface area (TPSA) is 65.7 Å². The molecule has 0 spiro atoms. The molecule has 1 fully saturated rings. The molecule has 0 aromatic heterocycles. The lowest BCUT2D eigenvalue weighted by molar-refractivity contribution is 0.192. The van der Waals surface area contributed by atoms with E-state index >= 15 is 0 Å². The number of rotatable bonds is 6. The van der Waals surface area contributed by atoms with Gasteiger partial charge < -0.3 is 15.5 Å². The molecule has 0 amide bonds. The van der Waals surface area contributed by atoms with Crippen LogP contribution in [0, 0.1) is 23.5 Å². The molecular weight excluding hydrogens is 479 g/mol. The minimum absolute atomic E-state index is 0. The summed E-state index contributed by atoms with van der Waals surface area (Å²) in [5.74, 6) is -0.594. The van der Waals surface area contributed by atoms with Crippen LogP contribution in [-0.4, -0.2) is 43.7 Å². The molecular formula is C25H35Cl2F2N5. The SMILES string of the molecule is CN(C)C1=NC(N)(C2CCC(CNCCc3ccc(F)c(F)c3)CC2)Nc2ccccc21.Cl.Cl. The molecule has 0 bridgehead atoms. The third kappa shape index (κ3) is 6.39. The average Bonchev–Trinajstić information content (AvgIpc) is 2.78. The maximum absolute atomic E-state index is 13.3. The first-order valence-electron chi connectivity index (χ1n) is 11.4. The van der Waals surface area contributed by atoms with Crippen LogP contribution in [0.4, 0.5) is 14.5 Å². The van der Waals surface area contributed by atoms with E-state index in [0.29, 0.717) is 12.3 Å². The number of anilines is 1. The van der Waals surface area contributed by atoms with E-state index in [2.05, 4.69) is 22.8 Å². The van der Waals surface area contributed by atoms with Crippen LogP contribution in [0.5, 0.6) is 0 Å². The fourth-order valence-electron chi connectivity index (χ4n) is 4.84. The minimum atomic E-state index is -0.797. The third-order valence-corrected chi connectivity index (χ3v) is 6.69. The maximum atomic E-state index is 13.3. The second-order valence-electron chi connectivity index (χ2n) is 9.25. The van der Waals surface area contributed by atoms with Crippen molar-refractivity contribution in [2.75, 3.05) is 32.5 Å². The van der Waals surface area contributed by atoms with Crippen LogP contribution in [0.2, 0.25) is 0 Å². The first kappa shape index (κ1) is 28.3. The van der Waals surface area contributed by atoms with Crippen molar-refractivity contribution >= 4 is 36.3 Å². The van der Waals surface area contributed by atoms with Crippen molar-refractivity contribution in [3.8, 4) is 0 Å². The van der Waals surface area contributed by atoms with E-state index in [1.54, 1.807) is 6.07 Å². The van der Waals surface area contributed by atoms with Gasteiger partial charge in [0.15, 0.2) is 17.4 Å². The number of nitrogens with one attached hydrogen (secondary N) is 2. The van der Waals surface area contributed by atoms with Crippen LogP contribution in [0.25, 0.3) is 0 Å². The molecule has 4 rings (SSSR count). The Bertz CT molecular complexity index is 980. The number of hydrogen-bond acceptors (Lipinski definition) is 5. The lowest BCUT2D eigenvalue weighted by Crippen LogP contribution is -2.56. The Morgan fingerprint density at radius 2 is 1.76 bits per heavy atom. The fraction of sp³-hybridized carbons (Fsp3) is 0.480. The molecule has 1 aliphatic carbocycles. The molecule has 1 saturated carbocycles. The number of nitrogens with zero attached hydrogens (tertiary/aromatic N) is 2. The monoisotopic (exact) mass is 513 g/mol. The van der Waals surface area contributed by atoms with Crippen molar-refractivity contribution in [1.29, 1.82) is 0 Å². The molecule has 1 aliphatic heterocycles. The van der Waals surface area contributed by atoms with E-state index in [1.807, 2.05) is 31.1 Å². The van der Waals surface area contributed by atoms with Gasteiger partial charge >= 0.3 is 0 Å². The molecule has 188 valence electrons. The summed E-state index contributed by atoms with van der Waals surface area (Å²) in [6.45, 7) is 1.68. The zero-order chi connectivity index (χ0) is 22.7. The number of benzene rings is 2. The number of para-hydroxylation sites is 1. The van der Waals surface area contributed by atoms with E-state index < -0.39 is 17.4 Å². The summed E-state index contributed by atoms with van der Waals surface area (Å²) in [7, 11) is 4.01. The number of fused-ring (bicyclic) bond motifs is 1. The third-order valence-electron chi connectivity index (χ3n) is 6.69.